The molecule has 1 amide bonds. The summed E-state index contributed by atoms with van der Waals surface area (Å²) in [7, 11) is 0. The molecule has 2 aromatic rings. The minimum absolute atomic E-state index is 0.0130. The van der Waals surface area contributed by atoms with Gasteiger partial charge in [0.2, 0.25) is 5.91 Å². The number of carbonyl (C=O) groups is 1. The van der Waals surface area contributed by atoms with E-state index in [1.807, 2.05) is 0 Å². The van der Waals surface area contributed by atoms with Gasteiger partial charge in [0.05, 0.1) is 11.1 Å². The van der Waals surface area contributed by atoms with Gasteiger partial charge < -0.3 is 10.6 Å². The summed E-state index contributed by atoms with van der Waals surface area (Å²) in [6.45, 7) is 1.30. The zero-order valence-corrected chi connectivity index (χ0v) is 13.4. The Kier molecular flexibility index (Phi) is 4.68. The Labute approximate surface area is 143 Å². The van der Waals surface area contributed by atoms with Gasteiger partial charge >= 0.3 is 0 Å². The highest BCUT2D eigenvalue weighted by Crippen LogP contribution is 2.28. The third-order valence-electron chi connectivity index (χ3n) is 4.20. The Bertz CT molecular complexity index is 795. The highest BCUT2D eigenvalue weighted by Gasteiger charge is 2.24. The summed E-state index contributed by atoms with van der Waals surface area (Å²) in [5.74, 6) is -0.402. The van der Waals surface area contributed by atoms with Crippen molar-refractivity contribution >= 4 is 23.5 Å². The van der Waals surface area contributed by atoms with Crippen LogP contribution in [-0.2, 0) is 4.79 Å². The number of nitro benzene ring substituents is 1. The summed E-state index contributed by atoms with van der Waals surface area (Å²) in [4.78, 5) is 24.0. The number of hydrogen-bond donors (Lipinski definition) is 1. The Balaban J connectivity index is 1.87. The fraction of sp³-hybridized carbons (Fsp3) is 0.333. The molecule has 0 bridgehead atoms. The van der Waals surface area contributed by atoms with Crippen molar-refractivity contribution in [3.8, 4) is 0 Å². The zero-order chi connectivity index (χ0) is 17.8. The van der Waals surface area contributed by atoms with E-state index in [1.54, 1.807) is 6.07 Å². The number of benzene rings is 1. The maximum atomic E-state index is 11.3. The van der Waals surface area contributed by atoms with Crippen molar-refractivity contribution < 1.29 is 9.72 Å². The van der Waals surface area contributed by atoms with Crippen LogP contribution in [0.25, 0.3) is 0 Å². The number of nitro groups is 1. The highest BCUT2D eigenvalue weighted by molar-refractivity contribution is 5.89. The number of amides is 1. The lowest BCUT2D eigenvalue weighted by molar-refractivity contribution is -0.384. The quantitative estimate of drug-likeness (QED) is 0.484. The van der Waals surface area contributed by atoms with Crippen LogP contribution < -0.4 is 10.6 Å². The smallest absolute Gasteiger partial charge is 0.270 e. The number of aromatic nitrogens is 3. The van der Waals surface area contributed by atoms with Gasteiger partial charge in [-0.25, -0.2) is 4.68 Å². The van der Waals surface area contributed by atoms with Gasteiger partial charge in [-0.05, 0) is 18.9 Å². The van der Waals surface area contributed by atoms with E-state index in [9.17, 15) is 14.9 Å². The first-order valence-electron chi connectivity index (χ1n) is 7.76. The summed E-state index contributed by atoms with van der Waals surface area (Å²) in [6, 6.07) is 4.64. The molecule has 2 heterocycles. The maximum absolute atomic E-state index is 11.3. The van der Waals surface area contributed by atoms with Crippen LogP contribution in [0.5, 0.6) is 0 Å². The van der Waals surface area contributed by atoms with Crippen molar-refractivity contribution in [3.63, 3.8) is 0 Å². The van der Waals surface area contributed by atoms with Crippen molar-refractivity contribution in [2.45, 2.75) is 12.8 Å². The molecule has 2 N–H and O–H groups in total. The minimum Gasteiger partial charge on any atom is -0.371 e. The van der Waals surface area contributed by atoms with Crippen LogP contribution in [0.3, 0.4) is 0 Å². The zero-order valence-electron chi connectivity index (χ0n) is 13.4. The Hall–Kier alpha value is -3.30. The van der Waals surface area contributed by atoms with E-state index in [0.717, 1.165) is 5.69 Å². The van der Waals surface area contributed by atoms with Crippen LogP contribution in [0.4, 0.5) is 11.4 Å². The second kappa shape index (κ2) is 7.07. The maximum Gasteiger partial charge on any atom is 0.270 e. The molecule has 0 radical (unpaired) electrons. The molecule has 0 saturated carbocycles. The molecule has 130 valence electrons. The predicted molar refractivity (Wildman–Crippen MR) is 90.2 cm³/mol. The standard InChI is InChI=1S/C15H17N7O3/c16-15(23)11-3-5-20(6-4-11)14-2-1-13(22(24)25)7-12(14)8-19-21-9-17-18-10-21/h1-2,7-11H,3-6H2,(H2,16,23). The number of carbonyl (C=O) groups excluding carboxylic acids is 1. The molecule has 1 aromatic carbocycles. The van der Waals surface area contributed by atoms with Gasteiger partial charge in [0.15, 0.2) is 0 Å². The molecule has 0 unspecified atom stereocenters. The van der Waals surface area contributed by atoms with E-state index in [1.165, 1.54) is 35.7 Å². The fourth-order valence-corrected chi connectivity index (χ4v) is 2.84. The average molecular weight is 343 g/mol. The third-order valence-corrected chi connectivity index (χ3v) is 4.20. The number of hydrogen-bond acceptors (Lipinski definition) is 7. The number of nitrogens with zero attached hydrogens (tertiary/aromatic N) is 6. The van der Waals surface area contributed by atoms with E-state index in [4.69, 9.17) is 5.73 Å². The normalized spacial score (nSPS) is 15.6. The first-order valence-corrected chi connectivity index (χ1v) is 7.76. The molecule has 1 aromatic heterocycles. The van der Waals surface area contributed by atoms with E-state index in [-0.39, 0.29) is 17.5 Å². The summed E-state index contributed by atoms with van der Waals surface area (Å²) in [6.07, 6.45) is 5.70. The number of nitrogens with two attached hydrogens (primary N) is 1. The van der Waals surface area contributed by atoms with Gasteiger partial charge in [-0.1, -0.05) is 0 Å². The Morgan fingerprint density at radius 1 is 1.32 bits per heavy atom. The molecule has 0 atom stereocenters. The molecule has 1 saturated heterocycles. The first-order chi connectivity index (χ1) is 12.0. The number of anilines is 1. The Morgan fingerprint density at radius 3 is 2.60 bits per heavy atom. The molecule has 3 rings (SSSR count). The molecule has 25 heavy (non-hydrogen) atoms. The Morgan fingerprint density at radius 2 is 2.00 bits per heavy atom. The predicted octanol–water partition coefficient (Wildman–Crippen LogP) is 0.770. The van der Waals surface area contributed by atoms with Crippen LogP contribution in [-0.4, -0.2) is 45.0 Å². The third kappa shape index (κ3) is 3.79. The van der Waals surface area contributed by atoms with Crippen molar-refractivity contribution in [2.24, 2.45) is 16.8 Å². The number of piperidine rings is 1. The molecular weight excluding hydrogens is 326 g/mol. The summed E-state index contributed by atoms with van der Waals surface area (Å²) < 4.78 is 1.40. The molecule has 10 heteroatoms. The van der Waals surface area contributed by atoms with Gasteiger partial charge in [0, 0.05) is 42.4 Å². The molecule has 1 aliphatic rings. The lowest BCUT2D eigenvalue weighted by Crippen LogP contribution is -2.38. The van der Waals surface area contributed by atoms with Crippen LogP contribution in [0.1, 0.15) is 18.4 Å². The SMILES string of the molecule is NC(=O)C1CCN(c2ccc([N+](=O)[O-])cc2C=Nn2cnnc2)CC1. The van der Waals surface area contributed by atoms with E-state index >= 15 is 0 Å². The second-order valence-corrected chi connectivity index (χ2v) is 5.75. The van der Waals surface area contributed by atoms with Crippen LogP contribution in [0.2, 0.25) is 0 Å². The van der Waals surface area contributed by atoms with Crippen LogP contribution >= 0.6 is 0 Å². The van der Waals surface area contributed by atoms with Crippen LogP contribution in [0.15, 0.2) is 36.0 Å². The van der Waals surface area contributed by atoms with Gasteiger partial charge in [-0.15, -0.1) is 10.2 Å². The minimum atomic E-state index is -0.445. The average Bonchev–Trinajstić information content (AvgIpc) is 3.13. The van der Waals surface area contributed by atoms with E-state index < -0.39 is 4.92 Å². The van der Waals surface area contributed by atoms with Crippen molar-refractivity contribution in [1.29, 1.82) is 0 Å². The molecule has 1 aliphatic heterocycles. The van der Waals surface area contributed by atoms with Crippen molar-refractivity contribution in [1.82, 2.24) is 14.9 Å². The second-order valence-electron chi connectivity index (χ2n) is 5.75. The fourth-order valence-electron chi connectivity index (χ4n) is 2.84. The summed E-state index contributed by atoms with van der Waals surface area (Å²) >= 11 is 0. The van der Waals surface area contributed by atoms with Gasteiger partial charge in [0.1, 0.15) is 12.7 Å². The summed E-state index contributed by atoms with van der Waals surface area (Å²) in [5, 5.41) is 22.5. The first kappa shape index (κ1) is 16.6. The highest BCUT2D eigenvalue weighted by atomic mass is 16.6. The summed E-state index contributed by atoms with van der Waals surface area (Å²) in [5.41, 5.74) is 6.79. The molecule has 10 nitrogen and oxygen atoms in total. The van der Waals surface area contributed by atoms with Crippen LogP contribution in [0, 0.1) is 16.0 Å². The molecule has 1 fully saturated rings. The van der Waals surface area contributed by atoms with Gasteiger partial charge in [-0.2, -0.15) is 5.10 Å². The lowest BCUT2D eigenvalue weighted by atomic mass is 9.95. The van der Waals surface area contributed by atoms with E-state index in [0.29, 0.717) is 31.5 Å². The monoisotopic (exact) mass is 343 g/mol. The van der Waals surface area contributed by atoms with Crippen molar-refractivity contribution in [3.05, 3.63) is 46.5 Å². The number of rotatable bonds is 5. The number of non-ortho nitro benzene ring substituents is 1. The van der Waals surface area contributed by atoms with Crippen molar-refractivity contribution in [2.75, 3.05) is 18.0 Å². The van der Waals surface area contributed by atoms with E-state index in [2.05, 4.69) is 20.2 Å². The molecule has 0 spiro atoms. The number of primary amides is 1. The lowest BCUT2D eigenvalue weighted by Gasteiger charge is -2.33. The molecule has 0 aliphatic carbocycles. The molecular formula is C15H17N7O3. The topological polar surface area (TPSA) is 133 Å². The van der Waals surface area contributed by atoms with Gasteiger partial charge in [-0.3, -0.25) is 14.9 Å². The largest absolute Gasteiger partial charge is 0.371 e. The van der Waals surface area contributed by atoms with Gasteiger partial charge in [0.25, 0.3) is 5.69 Å².